The lowest BCUT2D eigenvalue weighted by atomic mass is 9.96. The largest absolute Gasteiger partial charge is 0.392 e. The number of nitrogens with one attached hydrogen (secondary N) is 1. The molecule has 10 heteroatoms. The van der Waals surface area contributed by atoms with E-state index in [2.05, 4.69) is 42.0 Å². The van der Waals surface area contributed by atoms with Gasteiger partial charge in [0, 0.05) is 56.4 Å². The van der Waals surface area contributed by atoms with E-state index >= 15 is 0 Å². The average Bonchev–Trinajstić information content (AvgIpc) is 3.44. The Morgan fingerprint density at radius 1 is 1.09 bits per heavy atom. The molecule has 0 spiro atoms. The summed E-state index contributed by atoms with van der Waals surface area (Å²) in [5.74, 6) is 1.12. The quantitative estimate of drug-likeness (QED) is 0.575. The van der Waals surface area contributed by atoms with Crippen LogP contribution < -0.4 is 10.6 Å². The Labute approximate surface area is 199 Å². The van der Waals surface area contributed by atoms with Gasteiger partial charge in [0.2, 0.25) is 11.9 Å². The fourth-order valence-corrected chi connectivity index (χ4v) is 5.62. The maximum absolute atomic E-state index is 9.90. The first-order chi connectivity index (χ1) is 16.0. The smallest absolute Gasteiger partial charge is 0.226 e. The van der Waals surface area contributed by atoms with Crippen molar-refractivity contribution in [3.8, 4) is 0 Å². The fourth-order valence-electron chi connectivity index (χ4n) is 5.49. The van der Waals surface area contributed by atoms with E-state index in [4.69, 9.17) is 22.1 Å². The van der Waals surface area contributed by atoms with Crippen LogP contribution in [0.4, 0.5) is 11.9 Å². The van der Waals surface area contributed by atoms with Crippen LogP contribution in [0, 0.1) is 0 Å². The highest BCUT2D eigenvalue weighted by atomic mass is 35.5. The molecule has 1 aromatic heterocycles. The number of halogens is 1. The van der Waals surface area contributed by atoms with Crippen molar-refractivity contribution in [3.05, 3.63) is 34.9 Å². The molecule has 3 aliphatic heterocycles. The van der Waals surface area contributed by atoms with Gasteiger partial charge < -0.3 is 20.5 Å². The number of anilines is 2. The van der Waals surface area contributed by atoms with Crippen LogP contribution >= 0.6 is 11.6 Å². The number of aromatic amines is 1. The van der Waals surface area contributed by atoms with E-state index in [1.54, 1.807) is 0 Å². The average molecular weight is 476 g/mol. The normalized spacial score (nSPS) is 27.9. The van der Waals surface area contributed by atoms with E-state index in [1.165, 1.54) is 5.56 Å². The Balaban J connectivity index is 1.25. The summed E-state index contributed by atoms with van der Waals surface area (Å²) in [4.78, 5) is 10.3. The molecule has 3 aliphatic rings. The van der Waals surface area contributed by atoms with Crippen LogP contribution in [-0.4, -0.2) is 100 Å². The van der Waals surface area contributed by atoms with E-state index < -0.39 is 0 Å². The second-order valence-electron chi connectivity index (χ2n) is 9.59. The van der Waals surface area contributed by atoms with Crippen molar-refractivity contribution >= 4 is 23.5 Å². The number of nitrogens with zero attached hydrogens (tertiary/aromatic N) is 5. The number of piperidine rings is 1. The summed E-state index contributed by atoms with van der Waals surface area (Å²) < 4.78 is 6.36. The Morgan fingerprint density at radius 3 is 2.55 bits per heavy atom. The lowest BCUT2D eigenvalue weighted by Gasteiger charge is -2.47. The first-order valence-corrected chi connectivity index (χ1v) is 12.4. The minimum absolute atomic E-state index is 0.170. The van der Waals surface area contributed by atoms with Gasteiger partial charge in [0.05, 0.1) is 18.8 Å². The predicted octanol–water partition coefficient (Wildman–Crippen LogP) is 1.39. The molecule has 4 N–H and O–H groups in total. The lowest BCUT2D eigenvalue weighted by Crippen LogP contribution is -2.58. The standard InChI is InChI=1S/C23H34ClN7O2/c24-17-3-1-16(2-4-17)11-19-15-33-21(13-29-8-7-20(32)12-29)14-31(19)18-5-9-30(10-6-18)23-26-22(25)27-28-23/h1-4,18-21,32H,5-15H2,(H3,25,26,27,28)/t19-,20+,21-/m0/s1. The second kappa shape index (κ2) is 10.1. The Morgan fingerprint density at radius 2 is 1.88 bits per heavy atom. The number of hydrogen-bond acceptors (Lipinski definition) is 8. The molecule has 0 radical (unpaired) electrons. The van der Waals surface area contributed by atoms with Gasteiger partial charge in [-0.05, 0) is 43.4 Å². The Kier molecular flexibility index (Phi) is 7.03. The number of rotatable bonds is 6. The number of aromatic nitrogens is 3. The molecule has 0 bridgehead atoms. The molecule has 3 atom stereocenters. The molecule has 0 amide bonds. The van der Waals surface area contributed by atoms with Crippen molar-refractivity contribution in [3.63, 3.8) is 0 Å². The van der Waals surface area contributed by atoms with E-state index in [1.807, 2.05) is 12.1 Å². The third-order valence-electron chi connectivity index (χ3n) is 7.23. The molecule has 180 valence electrons. The van der Waals surface area contributed by atoms with Crippen molar-refractivity contribution in [2.45, 2.75) is 50.0 Å². The molecule has 5 rings (SSSR count). The van der Waals surface area contributed by atoms with Crippen LogP contribution in [-0.2, 0) is 11.2 Å². The third-order valence-corrected chi connectivity index (χ3v) is 7.48. The molecule has 2 aromatic rings. The van der Waals surface area contributed by atoms with E-state index in [0.717, 1.165) is 82.5 Å². The number of hydrogen-bond donors (Lipinski definition) is 3. The van der Waals surface area contributed by atoms with Gasteiger partial charge in [-0.15, -0.1) is 10.2 Å². The van der Waals surface area contributed by atoms with Crippen LogP contribution in [0.1, 0.15) is 24.8 Å². The van der Waals surface area contributed by atoms with E-state index in [-0.39, 0.29) is 12.2 Å². The van der Waals surface area contributed by atoms with E-state index in [9.17, 15) is 5.11 Å². The molecule has 0 aliphatic carbocycles. The number of nitrogen functional groups attached to an aromatic ring is 1. The van der Waals surface area contributed by atoms with E-state index in [0.29, 0.717) is 18.0 Å². The first-order valence-electron chi connectivity index (χ1n) is 12.0. The summed E-state index contributed by atoms with van der Waals surface area (Å²) in [5, 5.41) is 18.7. The van der Waals surface area contributed by atoms with Gasteiger partial charge in [0.25, 0.3) is 0 Å². The maximum atomic E-state index is 9.90. The van der Waals surface area contributed by atoms with Crippen molar-refractivity contribution in [2.75, 3.05) is 56.5 Å². The molecule has 3 fully saturated rings. The van der Waals surface area contributed by atoms with Crippen molar-refractivity contribution in [2.24, 2.45) is 0 Å². The number of morpholine rings is 1. The number of ether oxygens (including phenoxy) is 1. The van der Waals surface area contributed by atoms with Gasteiger partial charge in [0.15, 0.2) is 0 Å². The maximum Gasteiger partial charge on any atom is 0.226 e. The molecular formula is C23H34ClN7O2. The molecule has 3 saturated heterocycles. The van der Waals surface area contributed by atoms with Crippen molar-refractivity contribution in [1.29, 1.82) is 0 Å². The van der Waals surface area contributed by atoms with Crippen LogP contribution in [0.3, 0.4) is 0 Å². The first kappa shape index (κ1) is 22.9. The molecular weight excluding hydrogens is 442 g/mol. The fraction of sp³-hybridized carbons (Fsp3) is 0.652. The van der Waals surface area contributed by atoms with Crippen LogP contribution in [0.2, 0.25) is 5.02 Å². The highest BCUT2D eigenvalue weighted by Gasteiger charge is 2.37. The van der Waals surface area contributed by atoms with Gasteiger partial charge >= 0.3 is 0 Å². The van der Waals surface area contributed by atoms with Crippen molar-refractivity contribution in [1.82, 2.24) is 25.0 Å². The van der Waals surface area contributed by atoms with Gasteiger partial charge in [-0.2, -0.15) is 0 Å². The zero-order valence-corrected chi connectivity index (χ0v) is 19.7. The molecule has 1 aromatic carbocycles. The summed E-state index contributed by atoms with van der Waals surface area (Å²) in [6.45, 7) is 6.09. The minimum Gasteiger partial charge on any atom is -0.392 e. The molecule has 0 saturated carbocycles. The lowest BCUT2D eigenvalue weighted by molar-refractivity contribution is -0.0901. The zero-order chi connectivity index (χ0) is 22.8. The van der Waals surface area contributed by atoms with Gasteiger partial charge in [-0.25, -0.2) is 0 Å². The minimum atomic E-state index is -0.197. The Bertz CT molecular complexity index is 902. The molecule has 4 heterocycles. The molecule has 0 unspecified atom stereocenters. The third kappa shape index (κ3) is 5.60. The van der Waals surface area contributed by atoms with Crippen LogP contribution in [0.25, 0.3) is 0 Å². The second-order valence-corrected chi connectivity index (χ2v) is 10.0. The number of H-pyrrole nitrogens is 1. The number of β-amino-alcohol motifs (C(OH)–C–C–N with tert-alkyl or cyclic N) is 1. The van der Waals surface area contributed by atoms with Crippen LogP contribution in [0.15, 0.2) is 24.3 Å². The number of aliphatic hydroxyl groups excluding tert-OH is 1. The van der Waals surface area contributed by atoms with Gasteiger partial charge in [0.1, 0.15) is 0 Å². The summed E-state index contributed by atoms with van der Waals surface area (Å²) in [7, 11) is 0. The van der Waals surface area contributed by atoms with Crippen molar-refractivity contribution < 1.29 is 9.84 Å². The number of likely N-dealkylation sites (tertiary alicyclic amines) is 1. The number of aliphatic hydroxyl groups is 1. The van der Waals surface area contributed by atoms with Crippen LogP contribution in [0.5, 0.6) is 0 Å². The SMILES string of the molecule is Nc1nnc(N2CCC(N3C[C@H](CN4CC[C@@H](O)C4)OC[C@@H]3Cc3ccc(Cl)cc3)CC2)[nH]1. The number of benzene rings is 1. The highest BCUT2D eigenvalue weighted by Crippen LogP contribution is 2.27. The highest BCUT2D eigenvalue weighted by molar-refractivity contribution is 6.30. The summed E-state index contributed by atoms with van der Waals surface area (Å²) in [6, 6.07) is 9.00. The molecule has 9 nitrogen and oxygen atoms in total. The Hall–Kier alpha value is -1.91. The number of nitrogens with two attached hydrogens (primary N) is 1. The topological polar surface area (TPSA) is 107 Å². The summed E-state index contributed by atoms with van der Waals surface area (Å²) in [6.07, 6.45) is 3.91. The van der Waals surface area contributed by atoms with Gasteiger partial charge in [-0.1, -0.05) is 23.7 Å². The summed E-state index contributed by atoms with van der Waals surface area (Å²) >= 11 is 6.10. The van der Waals surface area contributed by atoms with Gasteiger partial charge in [-0.3, -0.25) is 14.8 Å². The monoisotopic (exact) mass is 475 g/mol. The predicted molar refractivity (Wildman–Crippen MR) is 128 cm³/mol. The molecule has 33 heavy (non-hydrogen) atoms. The summed E-state index contributed by atoms with van der Waals surface area (Å²) in [5.41, 5.74) is 7.00. The zero-order valence-electron chi connectivity index (χ0n) is 18.9.